The number of amides is 1. The molecule has 4 aromatic rings. The van der Waals surface area contributed by atoms with E-state index in [4.69, 9.17) is 4.74 Å². The fourth-order valence-electron chi connectivity index (χ4n) is 3.32. The van der Waals surface area contributed by atoms with Crippen molar-refractivity contribution in [1.82, 2.24) is 20.2 Å². The number of hydrogen-bond acceptors (Lipinski definition) is 6. The molecule has 3 aromatic carbocycles. The SMILES string of the molecule is COc1ccc(-c2nnc(SCC(=O)NN=CC(C)=Cc3ccccc3)n2-c2ccccc2)cc1. The van der Waals surface area contributed by atoms with Crippen LogP contribution >= 0.6 is 11.8 Å². The molecule has 8 heteroatoms. The van der Waals surface area contributed by atoms with E-state index in [9.17, 15) is 4.79 Å². The van der Waals surface area contributed by atoms with E-state index >= 15 is 0 Å². The van der Waals surface area contributed by atoms with Crippen LogP contribution in [0.3, 0.4) is 0 Å². The molecule has 0 aliphatic heterocycles. The fourth-order valence-corrected chi connectivity index (χ4v) is 4.06. The van der Waals surface area contributed by atoms with Crippen LogP contribution in [0.5, 0.6) is 5.75 Å². The lowest BCUT2D eigenvalue weighted by molar-refractivity contribution is -0.118. The lowest BCUT2D eigenvalue weighted by Crippen LogP contribution is -2.20. The number of carbonyl (C=O) groups excluding carboxylic acids is 1. The molecule has 0 bridgehead atoms. The Morgan fingerprint density at radius 3 is 2.37 bits per heavy atom. The number of nitrogens with one attached hydrogen (secondary N) is 1. The van der Waals surface area contributed by atoms with Gasteiger partial charge in [-0.15, -0.1) is 10.2 Å². The van der Waals surface area contributed by atoms with Gasteiger partial charge in [0.2, 0.25) is 0 Å². The Kier molecular flexibility index (Phi) is 8.08. The van der Waals surface area contributed by atoms with Crippen LogP contribution < -0.4 is 10.2 Å². The minimum Gasteiger partial charge on any atom is -0.497 e. The number of allylic oxidation sites excluding steroid dienone is 1. The highest BCUT2D eigenvalue weighted by molar-refractivity contribution is 7.99. The first-order valence-electron chi connectivity index (χ1n) is 11.0. The van der Waals surface area contributed by atoms with Crippen LogP contribution in [0, 0.1) is 0 Å². The molecule has 0 aliphatic rings. The summed E-state index contributed by atoms with van der Waals surface area (Å²) in [6, 6.07) is 27.4. The molecule has 176 valence electrons. The van der Waals surface area contributed by atoms with Gasteiger partial charge in [0, 0.05) is 11.3 Å². The van der Waals surface area contributed by atoms with Crippen molar-refractivity contribution in [2.75, 3.05) is 12.9 Å². The average Bonchev–Trinajstić information content (AvgIpc) is 3.32. The summed E-state index contributed by atoms with van der Waals surface area (Å²) in [5, 5.41) is 13.4. The van der Waals surface area contributed by atoms with Crippen LogP contribution in [0.1, 0.15) is 12.5 Å². The highest BCUT2D eigenvalue weighted by Crippen LogP contribution is 2.28. The Bertz CT molecular complexity index is 1320. The summed E-state index contributed by atoms with van der Waals surface area (Å²) >= 11 is 1.30. The van der Waals surface area contributed by atoms with Gasteiger partial charge in [0.15, 0.2) is 11.0 Å². The van der Waals surface area contributed by atoms with Gasteiger partial charge in [-0.2, -0.15) is 5.10 Å². The molecular weight excluding hydrogens is 458 g/mol. The van der Waals surface area contributed by atoms with Gasteiger partial charge in [-0.25, -0.2) is 5.43 Å². The Labute approximate surface area is 208 Å². The van der Waals surface area contributed by atoms with Gasteiger partial charge < -0.3 is 4.74 Å². The molecule has 0 saturated heterocycles. The number of rotatable bonds is 9. The van der Waals surface area contributed by atoms with Crippen LogP contribution in [0.4, 0.5) is 0 Å². The third-order valence-electron chi connectivity index (χ3n) is 4.98. The van der Waals surface area contributed by atoms with E-state index in [1.165, 1.54) is 11.8 Å². The summed E-state index contributed by atoms with van der Waals surface area (Å²) in [6.07, 6.45) is 3.62. The minimum absolute atomic E-state index is 0.145. The zero-order chi connectivity index (χ0) is 24.5. The highest BCUT2D eigenvalue weighted by atomic mass is 32.2. The summed E-state index contributed by atoms with van der Waals surface area (Å²) in [5.74, 6) is 1.36. The zero-order valence-electron chi connectivity index (χ0n) is 19.5. The number of methoxy groups -OCH3 is 1. The van der Waals surface area contributed by atoms with Crippen LogP contribution in [0.2, 0.25) is 0 Å². The summed E-state index contributed by atoms with van der Waals surface area (Å²) in [7, 11) is 1.63. The third kappa shape index (κ3) is 6.45. The molecule has 0 radical (unpaired) electrons. The van der Waals surface area contributed by atoms with E-state index in [0.29, 0.717) is 11.0 Å². The van der Waals surface area contributed by atoms with Gasteiger partial charge in [-0.3, -0.25) is 9.36 Å². The first-order valence-corrected chi connectivity index (χ1v) is 12.0. The second kappa shape index (κ2) is 11.8. The van der Waals surface area contributed by atoms with Crippen molar-refractivity contribution < 1.29 is 9.53 Å². The summed E-state index contributed by atoms with van der Waals surface area (Å²) in [4.78, 5) is 12.4. The van der Waals surface area contributed by atoms with Gasteiger partial charge in [0.05, 0.1) is 19.1 Å². The minimum atomic E-state index is -0.229. The van der Waals surface area contributed by atoms with Crippen molar-refractivity contribution in [3.05, 3.63) is 96.1 Å². The normalized spacial score (nSPS) is 11.5. The van der Waals surface area contributed by atoms with Crippen LogP contribution in [-0.4, -0.2) is 39.7 Å². The van der Waals surface area contributed by atoms with Crippen molar-refractivity contribution in [3.8, 4) is 22.8 Å². The zero-order valence-corrected chi connectivity index (χ0v) is 20.3. The number of thioether (sulfide) groups is 1. The van der Waals surface area contributed by atoms with Crippen molar-refractivity contribution in [2.45, 2.75) is 12.1 Å². The maximum atomic E-state index is 12.4. The maximum absolute atomic E-state index is 12.4. The summed E-state index contributed by atoms with van der Waals surface area (Å²) in [6.45, 7) is 1.93. The lowest BCUT2D eigenvalue weighted by atomic mass is 10.1. The number of carbonyl (C=O) groups is 1. The molecular formula is C27H25N5O2S. The number of hydrogen-bond donors (Lipinski definition) is 1. The van der Waals surface area contributed by atoms with Crippen molar-refractivity contribution in [3.63, 3.8) is 0 Å². The van der Waals surface area contributed by atoms with Crippen molar-refractivity contribution in [2.24, 2.45) is 5.10 Å². The highest BCUT2D eigenvalue weighted by Gasteiger charge is 2.17. The lowest BCUT2D eigenvalue weighted by Gasteiger charge is -2.10. The van der Waals surface area contributed by atoms with Crippen LogP contribution in [0.15, 0.2) is 101 Å². The molecule has 4 rings (SSSR count). The Morgan fingerprint density at radius 2 is 1.69 bits per heavy atom. The Morgan fingerprint density at radius 1 is 1.00 bits per heavy atom. The molecule has 0 fully saturated rings. The predicted octanol–water partition coefficient (Wildman–Crippen LogP) is 5.24. The quantitative estimate of drug-likeness (QED) is 0.200. The second-order valence-electron chi connectivity index (χ2n) is 7.59. The monoisotopic (exact) mass is 483 g/mol. The molecule has 1 aromatic heterocycles. The predicted molar refractivity (Wildman–Crippen MR) is 141 cm³/mol. The van der Waals surface area contributed by atoms with Gasteiger partial charge in [-0.1, -0.05) is 66.4 Å². The topological polar surface area (TPSA) is 81.4 Å². The first kappa shape index (κ1) is 24.0. The standard InChI is InChI=1S/C27H25N5O2S/c1-20(17-21-9-5-3-6-10-21)18-28-29-25(33)19-35-27-31-30-26(22-13-15-24(34-2)16-14-22)32(27)23-11-7-4-8-12-23/h3-18H,19H2,1-2H3,(H,29,33). The average molecular weight is 484 g/mol. The molecule has 0 saturated carbocycles. The molecule has 7 nitrogen and oxygen atoms in total. The van der Waals surface area contributed by atoms with Gasteiger partial charge in [-0.05, 0) is 54.5 Å². The van der Waals surface area contributed by atoms with E-state index < -0.39 is 0 Å². The van der Waals surface area contributed by atoms with E-state index in [-0.39, 0.29) is 11.7 Å². The molecule has 35 heavy (non-hydrogen) atoms. The number of benzene rings is 3. The second-order valence-corrected chi connectivity index (χ2v) is 8.53. The van der Waals surface area contributed by atoms with E-state index in [2.05, 4.69) is 20.7 Å². The van der Waals surface area contributed by atoms with Crippen molar-refractivity contribution in [1.29, 1.82) is 0 Å². The number of nitrogens with zero attached hydrogens (tertiary/aromatic N) is 4. The van der Waals surface area contributed by atoms with Gasteiger partial charge in [0.1, 0.15) is 5.75 Å². The Balaban J connectivity index is 1.45. The molecule has 0 atom stereocenters. The fraction of sp³-hybridized carbons (Fsp3) is 0.111. The number of para-hydroxylation sites is 1. The smallest absolute Gasteiger partial charge is 0.250 e. The number of aromatic nitrogens is 3. The molecule has 1 heterocycles. The Hall–Kier alpha value is -4.17. The molecule has 0 aliphatic carbocycles. The van der Waals surface area contributed by atoms with E-state index in [1.54, 1.807) is 13.3 Å². The van der Waals surface area contributed by atoms with Crippen LogP contribution in [0.25, 0.3) is 23.2 Å². The van der Waals surface area contributed by atoms with Gasteiger partial charge >= 0.3 is 0 Å². The third-order valence-corrected chi connectivity index (χ3v) is 5.91. The largest absolute Gasteiger partial charge is 0.497 e. The van der Waals surface area contributed by atoms with Gasteiger partial charge in [0.25, 0.3) is 5.91 Å². The summed E-state index contributed by atoms with van der Waals surface area (Å²) in [5.41, 5.74) is 6.38. The van der Waals surface area contributed by atoms with Crippen LogP contribution in [-0.2, 0) is 4.79 Å². The van der Waals surface area contributed by atoms with E-state index in [1.807, 2.05) is 102 Å². The molecule has 0 spiro atoms. The molecule has 1 amide bonds. The number of ether oxygens (including phenoxy) is 1. The molecule has 1 N–H and O–H groups in total. The number of hydrazone groups is 1. The first-order chi connectivity index (χ1) is 17.1. The maximum Gasteiger partial charge on any atom is 0.250 e. The summed E-state index contributed by atoms with van der Waals surface area (Å²) < 4.78 is 7.20. The van der Waals surface area contributed by atoms with Crippen molar-refractivity contribution >= 4 is 30.0 Å². The molecule has 0 unspecified atom stereocenters. The van der Waals surface area contributed by atoms with E-state index in [0.717, 1.165) is 28.1 Å².